The van der Waals surface area contributed by atoms with E-state index in [1.165, 1.54) is 7.11 Å². The highest BCUT2D eigenvalue weighted by Crippen LogP contribution is 2.29. The van der Waals surface area contributed by atoms with Crippen molar-refractivity contribution in [1.82, 2.24) is 0 Å². The molecule has 20 heavy (non-hydrogen) atoms. The Morgan fingerprint density at radius 1 is 1.20 bits per heavy atom. The maximum atomic E-state index is 12.3. The van der Waals surface area contributed by atoms with Gasteiger partial charge < -0.3 is 15.2 Å². The summed E-state index contributed by atoms with van der Waals surface area (Å²) in [4.78, 5) is 23.5. The highest BCUT2D eigenvalue weighted by molar-refractivity contribution is 5.96. The number of carboxylic acid groups (broad SMARTS) is 1. The highest BCUT2D eigenvalue weighted by Gasteiger charge is 2.34. The van der Waals surface area contributed by atoms with Gasteiger partial charge in [-0.3, -0.25) is 9.59 Å². The minimum absolute atomic E-state index is 0.286. The number of carboxylic acids is 1. The number of anilines is 1. The highest BCUT2D eigenvalue weighted by atomic mass is 16.5. The number of carbonyl (C=O) groups is 2. The average Bonchev–Trinajstić information content (AvgIpc) is 2.47. The Bertz CT molecular complexity index is 538. The summed E-state index contributed by atoms with van der Waals surface area (Å²) < 4.78 is 5.16. The Kier molecular flexibility index (Phi) is 4.40. The lowest BCUT2D eigenvalue weighted by atomic mass is 9.82. The average molecular weight is 275 g/mol. The van der Waals surface area contributed by atoms with E-state index in [2.05, 4.69) is 5.32 Å². The molecule has 0 fully saturated rings. The van der Waals surface area contributed by atoms with E-state index in [-0.39, 0.29) is 5.91 Å². The molecule has 0 bridgehead atoms. The fourth-order valence-corrected chi connectivity index (χ4v) is 2.35. The number of hydrogen-bond acceptors (Lipinski definition) is 3. The molecule has 0 saturated carbocycles. The van der Waals surface area contributed by atoms with Crippen LogP contribution in [0, 0.1) is 11.8 Å². The Morgan fingerprint density at radius 3 is 2.50 bits per heavy atom. The summed E-state index contributed by atoms with van der Waals surface area (Å²) >= 11 is 0. The van der Waals surface area contributed by atoms with Crippen LogP contribution in [-0.2, 0) is 9.59 Å². The molecule has 2 N–H and O–H groups in total. The molecular weight excluding hydrogens is 258 g/mol. The van der Waals surface area contributed by atoms with Crippen LogP contribution in [0.4, 0.5) is 5.69 Å². The topological polar surface area (TPSA) is 75.6 Å². The standard InChI is InChI=1S/C15H17NO4/c1-20-13-9-5-4-8-12(13)16-14(17)10-6-2-3-7-11(10)15(18)19/h2-5,8-11H,6-7H2,1H3,(H,16,17)(H,18,19). The molecule has 5 heteroatoms. The van der Waals surface area contributed by atoms with E-state index in [1.807, 2.05) is 12.2 Å². The Balaban J connectivity index is 2.14. The lowest BCUT2D eigenvalue weighted by Gasteiger charge is -2.24. The van der Waals surface area contributed by atoms with Gasteiger partial charge in [-0.2, -0.15) is 0 Å². The van der Waals surface area contributed by atoms with Crippen molar-refractivity contribution in [2.24, 2.45) is 11.8 Å². The third-order valence-corrected chi connectivity index (χ3v) is 3.45. The van der Waals surface area contributed by atoms with Gasteiger partial charge in [-0.1, -0.05) is 24.3 Å². The molecule has 2 atom stereocenters. The van der Waals surface area contributed by atoms with Gasteiger partial charge in [0.2, 0.25) is 5.91 Å². The molecule has 106 valence electrons. The quantitative estimate of drug-likeness (QED) is 0.827. The number of aliphatic carboxylic acids is 1. The minimum Gasteiger partial charge on any atom is -0.495 e. The van der Waals surface area contributed by atoms with Crippen molar-refractivity contribution >= 4 is 17.6 Å². The van der Waals surface area contributed by atoms with Gasteiger partial charge in [0, 0.05) is 0 Å². The van der Waals surface area contributed by atoms with Gasteiger partial charge in [-0.25, -0.2) is 0 Å². The first kappa shape index (κ1) is 14.1. The molecule has 1 aromatic rings. The van der Waals surface area contributed by atoms with Crippen LogP contribution in [0.2, 0.25) is 0 Å². The number of methoxy groups -OCH3 is 1. The molecule has 2 unspecified atom stereocenters. The van der Waals surface area contributed by atoms with Crippen molar-refractivity contribution < 1.29 is 19.4 Å². The van der Waals surface area contributed by atoms with Crippen LogP contribution in [0.15, 0.2) is 36.4 Å². The lowest BCUT2D eigenvalue weighted by Crippen LogP contribution is -2.34. The Labute approximate surface area is 117 Å². The second kappa shape index (κ2) is 6.23. The molecule has 5 nitrogen and oxygen atoms in total. The summed E-state index contributed by atoms with van der Waals surface area (Å²) in [5, 5.41) is 11.9. The zero-order valence-electron chi connectivity index (χ0n) is 11.2. The molecule has 0 aromatic heterocycles. The van der Waals surface area contributed by atoms with E-state index in [4.69, 9.17) is 4.74 Å². The van der Waals surface area contributed by atoms with Gasteiger partial charge in [0.1, 0.15) is 5.75 Å². The van der Waals surface area contributed by atoms with Crippen LogP contribution in [-0.4, -0.2) is 24.1 Å². The van der Waals surface area contributed by atoms with E-state index in [0.29, 0.717) is 24.3 Å². The molecule has 0 saturated heterocycles. The summed E-state index contributed by atoms with van der Waals surface area (Å²) in [5.74, 6) is -1.89. The summed E-state index contributed by atoms with van der Waals surface area (Å²) in [5.41, 5.74) is 0.554. The predicted molar refractivity (Wildman–Crippen MR) is 74.6 cm³/mol. The number of nitrogens with one attached hydrogen (secondary N) is 1. The molecule has 1 amide bonds. The first-order chi connectivity index (χ1) is 9.63. The largest absolute Gasteiger partial charge is 0.495 e. The maximum absolute atomic E-state index is 12.3. The van der Waals surface area contributed by atoms with Crippen LogP contribution in [0.1, 0.15) is 12.8 Å². The van der Waals surface area contributed by atoms with E-state index in [9.17, 15) is 14.7 Å². The van der Waals surface area contributed by atoms with Crippen LogP contribution in [0.25, 0.3) is 0 Å². The van der Waals surface area contributed by atoms with Gasteiger partial charge in [0.15, 0.2) is 0 Å². The number of allylic oxidation sites excluding steroid dienone is 2. The SMILES string of the molecule is COc1ccccc1NC(=O)C1CC=CCC1C(=O)O. The zero-order valence-corrected chi connectivity index (χ0v) is 11.2. The molecule has 0 spiro atoms. The summed E-state index contributed by atoms with van der Waals surface area (Å²) in [6.07, 6.45) is 4.49. The third-order valence-electron chi connectivity index (χ3n) is 3.45. The van der Waals surface area contributed by atoms with Crippen molar-refractivity contribution in [2.75, 3.05) is 12.4 Å². The smallest absolute Gasteiger partial charge is 0.307 e. The lowest BCUT2D eigenvalue weighted by molar-refractivity contribution is -0.146. The number of carbonyl (C=O) groups excluding carboxylic acids is 1. The molecule has 0 aliphatic heterocycles. The fourth-order valence-electron chi connectivity index (χ4n) is 2.35. The first-order valence-corrected chi connectivity index (χ1v) is 6.45. The monoisotopic (exact) mass is 275 g/mol. The molecule has 1 aliphatic rings. The van der Waals surface area contributed by atoms with Crippen molar-refractivity contribution in [3.05, 3.63) is 36.4 Å². The summed E-state index contributed by atoms with van der Waals surface area (Å²) in [6.45, 7) is 0. The van der Waals surface area contributed by atoms with Gasteiger partial charge in [0.05, 0.1) is 24.6 Å². The summed E-state index contributed by atoms with van der Waals surface area (Å²) in [6, 6.07) is 7.06. The van der Waals surface area contributed by atoms with Crippen LogP contribution < -0.4 is 10.1 Å². The zero-order chi connectivity index (χ0) is 14.5. The van der Waals surface area contributed by atoms with Crippen molar-refractivity contribution in [3.63, 3.8) is 0 Å². The minimum atomic E-state index is -0.936. The predicted octanol–water partition coefficient (Wildman–Crippen LogP) is 2.30. The molecule has 1 aliphatic carbocycles. The van der Waals surface area contributed by atoms with E-state index < -0.39 is 17.8 Å². The van der Waals surface area contributed by atoms with Crippen molar-refractivity contribution in [1.29, 1.82) is 0 Å². The number of amides is 1. The van der Waals surface area contributed by atoms with E-state index in [1.54, 1.807) is 24.3 Å². The maximum Gasteiger partial charge on any atom is 0.307 e. The van der Waals surface area contributed by atoms with Crippen LogP contribution in [0.5, 0.6) is 5.75 Å². The summed E-state index contributed by atoms with van der Waals surface area (Å²) in [7, 11) is 1.52. The van der Waals surface area contributed by atoms with E-state index in [0.717, 1.165) is 0 Å². The Morgan fingerprint density at radius 2 is 1.85 bits per heavy atom. The number of para-hydroxylation sites is 2. The number of benzene rings is 1. The van der Waals surface area contributed by atoms with Gasteiger partial charge in [-0.15, -0.1) is 0 Å². The number of rotatable bonds is 4. The van der Waals surface area contributed by atoms with E-state index >= 15 is 0 Å². The van der Waals surface area contributed by atoms with Gasteiger partial charge >= 0.3 is 5.97 Å². The second-order valence-electron chi connectivity index (χ2n) is 4.68. The van der Waals surface area contributed by atoms with Crippen LogP contribution in [0.3, 0.4) is 0 Å². The normalized spacial score (nSPS) is 21.2. The van der Waals surface area contributed by atoms with Crippen molar-refractivity contribution in [3.8, 4) is 5.75 Å². The fraction of sp³-hybridized carbons (Fsp3) is 0.333. The molecule has 1 aromatic carbocycles. The first-order valence-electron chi connectivity index (χ1n) is 6.45. The number of hydrogen-bond donors (Lipinski definition) is 2. The molecule has 2 rings (SSSR count). The molecule has 0 radical (unpaired) electrons. The molecular formula is C15H17NO4. The van der Waals surface area contributed by atoms with Crippen molar-refractivity contribution in [2.45, 2.75) is 12.8 Å². The van der Waals surface area contributed by atoms with Crippen LogP contribution >= 0.6 is 0 Å². The van der Waals surface area contributed by atoms with Gasteiger partial charge in [-0.05, 0) is 25.0 Å². The third kappa shape index (κ3) is 2.99. The second-order valence-corrected chi connectivity index (χ2v) is 4.68. The van der Waals surface area contributed by atoms with Gasteiger partial charge in [0.25, 0.3) is 0 Å². The number of ether oxygens (including phenoxy) is 1. The molecule has 0 heterocycles. The Hall–Kier alpha value is -2.30.